The molecule has 0 fully saturated rings. The van der Waals surface area contributed by atoms with Gasteiger partial charge in [0.1, 0.15) is 0 Å². The minimum atomic E-state index is -4.17. The maximum absolute atomic E-state index is 12.7. The van der Waals surface area contributed by atoms with Crippen molar-refractivity contribution in [2.24, 2.45) is 0 Å². The normalized spacial score (nSPS) is 11.2. The van der Waals surface area contributed by atoms with Gasteiger partial charge in [0, 0.05) is 0 Å². The zero-order valence-corrected chi connectivity index (χ0v) is 14.6. The Morgan fingerprint density at radius 2 is 1.60 bits per heavy atom. The molecule has 0 radical (unpaired) electrons. The molecule has 0 heterocycles. The van der Waals surface area contributed by atoms with Crippen LogP contribution in [0.3, 0.4) is 0 Å². The van der Waals surface area contributed by atoms with Gasteiger partial charge in [0.15, 0.2) is 0 Å². The van der Waals surface area contributed by atoms with Crippen LogP contribution >= 0.6 is 0 Å². The lowest BCUT2D eigenvalue weighted by atomic mass is 10.1. The summed E-state index contributed by atoms with van der Waals surface area (Å²) in [6.45, 7) is 4.85. The quantitative estimate of drug-likeness (QED) is 0.751. The molecule has 0 unspecified atom stereocenters. The van der Waals surface area contributed by atoms with E-state index in [0.717, 1.165) is 6.07 Å². The van der Waals surface area contributed by atoms with Gasteiger partial charge in [-0.25, -0.2) is 18.0 Å². The second-order valence-corrected chi connectivity index (χ2v) is 7.33. The topological polar surface area (TPSA) is 121 Å². The number of hydrogen-bond acceptors (Lipinski definition) is 4. The van der Waals surface area contributed by atoms with E-state index in [9.17, 15) is 23.1 Å². The highest BCUT2D eigenvalue weighted by atomic mass is 32.2. The van der Waals surface area contributed by atoms with Gasteiger partial charge in [-0.2, -0.15) is 0 Å². The van der Waals surface area contributed by atoms with E-state index in [0.29, 0.717) is 16.7 Å². The summed E-state index contributed by atoms with van der Waals surface area (Å²) >= 11 is 0. The van der Waals surface area contributed by atoms with Crippen molar-refractivity contribution in [1.82, 2.24) is 0 Å². The molecule has 0 atom stereocenters. The Labute approximate surface area is 145 Å². The van der Waals surface area contributed by atoms with Gasteiger partial charge < -0.3 is 10.2 Å². The molecule has 0 aromatic heterocycles. The van der Waals surface area contributed by atoms with Crippen molar-refractivity contribution < 1.29 is 28.2 Å². The molecule has 2 rings (SSSR count). The first kappa shape index (κ1) is 18.5. The van der Waals surface area contributed by atoms with Crippen molar-refractivity contribution in [2.75, 3.05) is 4.72 Å². The number of aromatic carboxylic acids is 2. The van der Waals surface area contributed by atoms with E-state index in [2.05, 4.69) is 4.72 Å². The molecule has 0 saturated carbocycles. The van der Waals surface area contributed by atoms with Gasteiger partial charge in [0.05, 0.1) is 21.7 Å². The molecule has 25 heavy (non-hydrogen) atoms. The summed E-state index contributed by atoms with van der Waals surface area (Å²) in [6.07, 6.45) is 0. The van der Waals surface area contributed by atoms with E-state index in [1.807, 2.05) is 0 Å². The van der Waals surface area contributed by atoms with E-state index in [1.165, 1.54) is 18.2 Å². The first-order valence-corrected chi connectivity index (χ1v) is 8.72. The highest BCUT2D eigenvalue weighted by Gasteiger charge is 2.23. The number of hydrogen-bond donors (Lipinski definition) is 3. The maximum Gasteiger partial charge on any atom is 0.337 e. The number of nitrogens with one attached hydrogen (secondary N) is 1. The van der Waals surface area contributed by atoms with E-state index in [4.69, 9.17) is 5.11 Å². The smallest absolute Gasteiger partial charge is 0.337 e. The zero-order valence-electron chi connectivity index (χ0n) is 13.8. The van der Waals surface area contributed by atoms with Crippen molar-refractivity contribution in [3.8, 4) is 0 Å². The molecule has 8 heteroatoms. The summed E-state index contributed by atoms with van der Waals surface area (Å²) in [4.78, 5) is 22.3. The average Bonchev–Trinajstić information content (AvgIpc) is 2.50. The third-order valence-electron chi connectivity index (χ3n) is 3.81. The molecule has 0 aliphatic heterocycles. The number of carbonyl (C=O) groups is 2. The van der Waals surface area contributed by atoms with E-state index in [1.54, 1.807) is 26.8 Å². The SMILES string of the molecule is Cc1ccc(NS(=O)(=O)c2cc(C(=O)O)cc(C)c2C)c(C(=O)O)c1. The largest absolute Gasteiger partial charge is 0.478 e. The van der Waals surface area contributed by atoms with Crippen LogP contribution in [0.25, 0.3) is 0 Å². The maximum atomic E-state index is 12.7. The average molecular weight is 363 g/mol. The number of anilines is 1. The third-order valence-corrected chi connectivity index (χ3v) is 5.30. The highest BCUT2D eigenvalue weighted by Crippen LogP contribution is 2.26. The number of aryl methyl sites for hydroxylation is 2. The van der Waals surface area contributed by atoms with Crippen molar-refractivity contribution in [1.29, 1.82) is 0 Å². The third kappa shape index (κ3) is 3.80. The van der Waals surface area contributed by atoms with Crippen LogP contribution in [0.5, 0.6) is 0 Å². The van der Waals surface area contributed by atoms with Crippen molar-refractivity contribution >= 4 is 27.6 Å². The Hall–Kier alpha value is -2.87. The number of carboxylic acid groups (broad SMARTS) is 2. The van der Waals surface area contributed by atoms with Crippen molar-refractivity contribution in [2.45, 2.75) is 25.7 Å². The van der Waals surface area contributed by atoms with Crippen LogP contribution in [0.2, 0.25) is 0 Å². The first-order chi connectivity index (χ1) is 11.5. The van der Waals surface area contributed by atoms with Gasteiger partial charge in [-0.3, -0.25) is 4.72 Å². The summed E-state index contributed by atoms with van der Waals surface area (Å²) in [5, 5.41) is 18.4. The summed E-state index contributed by atoms with van der Waals surface area (Å²) in [5.41, 5.74) is 1.12. The van der Waals surface area contributed by atoms with E-state index in [-0.39, 0.29) is 21.7 Å². The van der Waals surface area contributed by atoms with Crippen LogP contribution in [0.4, 0.5) is 5.69 Å². The Kier molecular flexibility index (Phi) is 4.85. The number of benzene rings is 2. The monoisotopic (exact) mass is 363 g/mol. The lowest BCUT2D eigenvalue weighted by molar-refractivity contribution is 0.0686. The zero-order chi connectivity index (χ0) is 18.9. The van der Waals surface area contributed by atoms with Gasteiger partial charge in [-0.15, -0.1) is 0 Å². The predicted octanol–water partition coefficient (Wildman–Crippen LogP) is 2.81. The molecule has 3 N–H and O–H groups in total. The van der Waals surface area contributed by atoms with Gasteiger partial charge in [0.2, 0.25) is 0 Å². The molecule has 0 spiro atoms. The number of rotatable bonds is 5. The standard InChI is InChI=1S/C17H17NO6S/c1-9-4-5-14(13(6-9)17(21)22)18-25(23,24)15-8-12(16(19)20)7-10(2)11(15)3/h4-8,18H,1-3H3,(H,19,20)(H,21,22). The molecular formula is C17H17NO6S. The number of sulfonamides is 1. The molecule has 0 bridgehead atoms. The minimum absolute atomic E-state index is 0.0871. The fraction of sp³-hybridized carbons (Fsp3) is 0.176. The molecular weight excluding hydrogens is 346 g/mol. The Morgan fingerprint density at radius 3 is 2.16 bits per heavy atom. The van der Waals surface area contributed by atoms with Crippen LogP contribution in [0.15, 0.2) is 35.2 Å². The lowest BCUT2D eigenvalue weighted by Gasteiger charge is -2.15. The molecule has 0 amide bonds. The molecule has 0 aliphatic rings. The summed E-state index contributed by atoms with van der Waals surface area (Å²) in [5.74, 6) is -2.52. The molecule has 2 aromatic rings. The number of carboxylic acids is 2. The molecule has 0 saturated heterocycles. The van der Waals surface area contributed by atoms with Gasteiger partial charge in [-0.05, 0) is 56.2 Å². The summed E-state index contributed by atoms with van der Waals surface area (Å²) in [7, 11) is -4.17. The molecule has 7 nitrogen and oxygen atoms in total. The van der Waals surface area contributed by atoms with E-state index < -0.39 is 22.0 Å². The van der Waals surface area contributed by atoms with Crippen LogP contribution in [-0.4, -0.2) is 30.6 Å². The van der Waals surface area contributed by atoms with E-state index >= 15 is 0 Å². The second kappa shape index (κ2) is 6.56. The fourth-order valence-electron chi connectivity index (χ4n) is 2.35. The molecule has 2 aromatic carbocycles. The van der Waals surface area contributed by atoms with Crippen LogP contribution < -0.4 is 4.72 Å². The Bertz CT molecular complexity index is 979. The fourth-order valence-corrected chi connectivity index (χ4v) is 3.78. The van der Waals surface area contributed by atoms with Gasteiger partial charge in [-0.1, -0.05) is 11.6 Å². The first-order valence-electron chi connectivity index (χ1n) is 7.24. The molecule has 132 valence electrons. The van der Waals surface area contributed by atoms with Crippen molar-refractivity contribution in [3.63, 3.8) is 0 Å². The Balaban J connectivity index is 2.58. The van der Waals surface area contributed by atoms with Gasteiger partial charge in [0.25, 0.3) is 10.0 Å². The second-order valence-electron chi connectivity index (χ2n) is 5.68. The van der Waals surface area contributed by atoms with Crippen LogP contribution in [-0.2, 0) is 10.0 Å². The van der Waals surface area contributed by atoms with Gasteiger partial charge >= 0.3 is 11.9 Å². The predicted molar refractivity (Wildman–Crippen MR) is 91.8 cm³/mol. The minimum Gasteiger partial charge on any atom is -0.478 e. The summed E-state index contributed by atoms with van der Waals surface area (Å²) in [6, 6.07) is 6.73. The van der Waals surface area contributed by atoms with Crippen LogP contribution in [0, 0.1) is 20.8 Å². The summed E-state index contributed by atoms with van der Waals surface area (Å²) < 4.78 is 27.7. The lowest BCUT2D eigenvalue weighted by Crippen LogP contribution is -2.18. The van der Waals surface area contributed by atoms with Crippen molar-refractivity contribution in [3.05, 3.63) is 58.1 Å². The van der Waals surface area contributed by atoms with Crippen LogP contribution in [0.1, 0.15) is 37.4 Å². The Morgan fingerprint density at radius 1 is 0.960 bits per heavy atom. The molecule has 0 aliphatic carbocycles. The highest BCUT2D eigenvalue weighted by molar-refractivity contribution is 7.92.